The average Bonchev–Trinajstić information content (AvgIpc) is 3.28. The summed E-state index contributed by atoms with van der Waals surface area (Å²) in [4.78, 5) is 31.0. The Balaban J connectivity index is 1.92. The summed E-state index contributed by atoms with van der Waals surface area (Å²) in [6, 6.07) is 4.31. The average molecular weight is 362 g/mol. The zero-order valence-electron chi connectivity index (χ0n) is 14.1. The lowest BCUT2D eigenvalue weighted by atomic mass is 10.0. The third-order valence-corrected chi connectivity index (χ3v) is 5.31. The lowest BCUT2D eigenvalue weighted by Crippen LogP contribution is -2.30. The van der Waals surface area contributed by atoms with Crippen LogP contribution in [-0.4, -0.2) is 35.4 Å². The third kappa shape index (κ3) is 3.56. The van der Waals surface area contributed by atoms with Crippen LogP contribution in [-0.2, 0) is 11.4 Å². The van der Waals surface area contributed by atoms with Crippen LogP contribution in [0, 0.1) is 6.92 Å². The highest BCUT2D eigenvalue weighted by atomic mass is 32.1. The fraction of sp³-hybridized carbons (Fsp3) is 0.389. The molecule has 0 bridgehead atoms. The quantitative estimate of drug-likeness (QED) is 0.779. The molecular weight excluding hydrogens is 343 g/mol. The molecule has 1 aliphatic rings. The van der Waals surface area contributed by atoms with Gasteiger partial charge in [-0.2, -0.15) is 0 Å². The number of nitrogens with zero attached hydrogens (tertiary/aromatic N) is 2. The number of esters is 1. The smallest absolute Gasteiger partial charge is 0.337 e. The van der Waals surface area contributed by atoms with Crippen LogP contribution in [0.3, 0.4) is 0 Å². The molecule has 1 unspecified atom stereocenters. The molecule has 25 heavy (non-hydrogen) atoms. The number of alkyl halides is 1. The van der Waals surface area contributed by atoms with Gasteiger partial charge < -0.3 is 9.64 Å². The van der Waals surface area contributed by atoms with Gasteiger partial charge in [-0.3, -0.25) is 4.79 Å². The molecule has 1 fully saturated rings. The first-order chi connectivity index (χ1) is 12.0. The Bertz CT molecular complexity index is 805. The minimum absolute atomic E-state index is 0.0678. The molecule has 2 aromatic rings. The lowest BCUT2D eigenvalue weighted by molar-refractivity contribution is 0.0600. The van der Waals surface area contributed by atoms with E-state index in [9.17, 15) is 14.0 Å². The summed E-state index contributed by atoms with van der Waals surface area (Å²) in [7, 11) is 1.26. The van der Waals surface area contributed by atoms with E-state index in [4.69, 9.17) is 4.74 Å². The van der Waals surface area contributed by atoms with E-state index in [1.54, 1.807) is 16.2 Å². The van der Waals surface area contributed by atoms with Gasteiger partial charge in [-0.15, -0.1) is 11.3 Å². The number of rotatable bonds is 4. The van der Waals surface area contributed by atoms with Crippen LogP contribution >= 0.6 is 11.3 Å². The SMILES string of the molecule is COC(=O)c1cc(CF)cc(C(=O)N2CCCC2c2nc(C)cs2)c1. The van der Waals surface area contributed by atoms with Gasteiger partial charge >= 0.3 is 5.97 Å². The topological polar surface area (TPSA) is 59.5 Å². The zero-order valence-corrected chi connectivity index (χ0v) is 14.9. The second-order valence-electron chi connectivity index (χ2n) is 6.03. The molecule has 0 spiro atoms. The number of amides is 1. The summed E-state index contributed by atoms with van der Waals surface area (Å²) in [6.07, 6.45) is 1.74. The Kier molecular flexibility index (Phi) is 5.13. The van der Waals surface area contributed by atoms with Gasteiger partial charge in [0.15, 0.2) is 0 Å². The third-order valence-electron chi connectivity index (χ3n) is 4.25. The number of methoxy groups -OCH3 is 1. The van der Waals surface area contributed by atoms with E-state index >= 15 is 0 Å². The van der Waals surface area contributed by atoms with Crippen molar-refractivity contribution in [3.8, 4) is 0 Å². The molecule has 1 aromatic carbocycles. The van der Waals surface area contributed by atoms with Crippen LogP contribution in [0.15, 0.2) is 23.6 Å². The van der Waals surface area contributed by atoms with Crippen molar-refractivity contribution in [1.82, 2.24) is 9.88 Å². The van der Waals surface area contributed by atoms with E-state index < -0.39 is 12.6 Å². The van der Waals surface area contributed by atoms with Crippen molar-refractivity contribution in [3.63, 3.8) is 0 Å². The fourth-order valence-corrected chi connectivity index (χ4v) is 4.03. The largest absolute Gasteiger partial charge is 0.465 e. The molecule has 1 amide bonds. The standard InChI is InChI=1S/C18H19FN2O3S/c1-11-10-25-16(20-11)15-4-3-5-21(15)17(22)13-6-12(9-19)7-14(8-13)18(23)24-2/h6-8,10,15H,3-5,9H2,1-2H3. The van der Waals surface area contributed by atoms with E-state index in [1.807, 2.05) is 12.3 Å². The molecule has 7 heteroatoms. The molecule has 1 aromatic heterocycles. The first kappa shape index (κ1) is 17.5. The lowest BCUT2D eigenvalue weighted by Gasteiger charge is -2.23. The Hall–Kier alpha value is -2.28. The maximum Gasteiger partial charge on any atom is 0.337 e. The number of aryl methyl sites for hydroxylation is 1. The molecule has 0 radical (unpaired) electrons. The van der Waals surface area contributed by atoms with Crippen LogP contribution in [0.2, 0.25) is 0 Å². The van der Waals surface area contributed by atoms with Gasteiger partial charge in [0.1, 0.15) is 11.7 Å². The number of ether oxygens (including phenoxy) is 1. The molecule has 1 aliphatic heterocycles. The summed E-state index contributed by atoms with van der Waals surface area (Å²) >= 11 is 1.54. The molecule has 0 N–H and O–H groups in total. The number of likely N-dealkylation sites (tertiary alicyclic amines) is 1. The highest BCUT2D eigenvalue weighted by Gasteiger charge is 2.32. The number of halogens is 1. The molecule has 3 rings (SSSR count). The Morgan fingerprint density at radius 1 is 1.36 bits per heavy atom. The number of carbonyl (C=O) groups is 2. The zero-order chi connectivity index (χ0) is 18.0. The van der Waals surface area contributed by atoms with Crippen molar-refractivity contribution in [1.29, 1.82) is 0 Å². The van der Waals surface area contributed by atoms with Crippen LogP contribution in [0.1, 0.15) is 55.9 Å². The van der Waals surface area contributed by atoms with E-state index in [-0.39, 0.29) is 23.1 Å². The van der Waals surface area contributed by atoms with Gasteiger partial charge in [-0.25, -0.2) is 14.2 Å². The number of hydrogen-bond donors (Lipinski definition) is 0. The first-order valence-electron chi connectivity index (χ1n) is 8.04. The predicted octanol–water partition coefficient (Wildman–Crippen LogP) is 3.68. The number of hydrogen-bond acceptors (Lipinski definition) is 5. The van der Waals surface area contributed by atoms with Crippen molar-refractivity contribution in [2.45, 2.75) is 32.5 Å². The Labute approximate surface area is 149 Å². The summed E-state index contributed by atoms with van der Waals surface area (Å²) in [5.74, 6) is -0.798. The fourth-order valence-electron chi connectivity index (χ4n) is 3.09. The normalized spacial score (nSPS) is 16.9. The van der Waals surface area contributed by atoms with Crippen molar-refractivity contribution >= 4 is 23.2 Å². The minimum Gasteiger partial charge on any atom is -0.465 e. The molecule has 1 saturated heterocycles. The molecule has 132 valence electrons. The molecule has 2 heterocycles. The molecule has 5 nitrogen and oxygen atoms in total. The Morgan fingerprint density at radius 2 is 2.12 bits per heavy atom. The summed E-state index contributed by atoms with van der Waals surface area (Å²) in [6.45, 7) is 1.80. The second kappa shape index (κ2) is 7.31. The monoisotopic (exact) mass is 362 g/mol. The van der Waals surface area contributed by atoms with Gasteiger partial charge in [0.25, 0.3) is 5.91 Å². The molecule has 1 atom stereocenters. The second-order valence-corrected chi connectivity index (χ2v) is 6.92. The molecule has 0 aliphatic carbocycles. The summed E-state index contributed by atoms with van der Waals surface area (Å²) in [5.41, 5.74) is 1.70. The van der Waals surface area contributed by atoms with Crippen molar-refractivity contribution in [2.75, 3.05) is 13.7 Å². The van der Waals surface area contributed by atoms with E-state index in [0.29, 0.717) is 12.1 Å². The van der Waals surface area contributed by atoms with E-state index in [1.165, 1.54) is 25.3 Å². The Morgan fingerprint density at radius 3 is 2.76 bits per heavy atom. The van der Waals surface area contributed by atoms with Crippen LogP contribution in [0.5, 0.6) is 0 Å². The summed E-state index contributed by atoms with van der Waals surface area (Å²) in [5, 5.41) is 2.88. The van der Waals surface area contributed by atoms with E-state index in [0.717, 1.165) is 23.5 Å². The van der Waals surface area contributed by atoms with Gasteiger partial charge in [0.05, 0.1) is 18.7 Å². The number of benzene rings is 1. The van der Waals surface area contributed by atoms with Crippen LogP contribution < -0.4 is 0 Å². The van der Waals surface area contributed by atoms with Crippen molar-refractivity contribution < 1.29 is 18.7 Å². The molecular formula is C18H19FN2O3S. The van der Waals surface area contributed by atoms with Gasteiger partial charge in [0, 0.05) is 23.2 Å². The minimum atomic E-state index is -0.750. The van der Waals surface area contributed by atoms with E-state index in [2.05, 4.69) is 4.98 Å². The van der Waals surface area contributed by atoms with Crippen LogP contribution in [0.4, 0.5) is 4.39 Å². The number of thiazole rings is 1. The maximum atomic E-state index is 13.2. The van der Waals surface area contributed by atoms with Crippen LogP contribution in [0.25, 0.3) is 0 Å². The summed E-state index contributed by atoms with van der Waals surface area (Å²) < 4.78 is 17.8. The first-order valence-corrected chi connectivity index (χ1v) is 8.92. The number of carbonyl (C=O) groups excluding carboxylic acids is 2. The highest BCUT2D eigenvalue weighted by molar-refractivity contribution is 7.09. The predicted molar refractivity (Wildman–Crippen MR) is 92.5 cm³/mol. The van der Waals surface area contributed by atoms with Gasteiger partial charge in [-0.1, -0.05) is 0 Å². The van der Waals surface area contributed by atoms with Crippen molar-refractivity contribution in [2.24, 2.45) is 0 Å². The highest BCUT2D eigenvalue weighted by Crippen LogP contribution is 2.35. The van der Waals surface area contributed by atoms with Gasteiger partial charge in [0.2, 0.25) is 0 Å². The number of aromatic nitrogens is 1. The molecule has 0 saturated carbocycles. The van der Waals surface area contributed by atoms with Gasteiger partial charge in [-0.05, 0) is 43.5 Å². The van der Waals surface area contributed by atoms with Crippen molar-refractivity contribution in [3.05, 3.63) is 51.0 Å². The maximum absolute atomic E-state index is 13.2.